The highest BCUT2D eigenvalue weighted by Crippen LogP contribution is 2.43. The fourth-order valence-corrected chi connectivity index (χ4v) is 6.40. The Morgan fingerprint density at radius 1 is 1.05 bits per heavy atom. The normalized spacial score (nSPS) is 22.1. The molecule has 0 bridgehead atoms. The highest BCUT2D eigenvalue weighted by Gasteiger charge is 2.48. The Morgan fingerprint density at radius 3 is 2.73 bits per heavy atom. The summed E-state index contributed by atoms with van der Waals surface area (Å²) in [4.78, 5) is 1.29. The van der Waals surface area contributed by atoms with E-state index in [-0.39, 0.29) is 11.4 Å². The molecule has 4 aliphatic rings. The zero-order valence-corrected chi connectivity index (χ0v) is 22.0. The number of para-hydroxylation sites is 1. The molecule has 2 aromatic carbocycles. The molecule has 0 fully saturated rings. The fourth-order valence-electron chi connectivity index (χ4n) is 5.16. The third-order valence-corrected chi connectivity index (χ3v) is 8.14. The lowest BCUT2D eigenvalue weighted by Gasteiger charge is -2.30. The van der Waals surface area contributed by atoms with Gasteiger partial charge in [-0.1, -0.05) is 78.4 Å². The number of allylic oxidation sites excluding steroid dienone is 8. The molecule has 0 spiro atoms. The van der Waals surface area contributed by atoms with Crippen molar-refractivity contribution in [2.45, 2.75) is 30.1 Å². The van der Waals surface area contributed by atoms with Crippen LogP contribution in [0.15, 0.2) is 138 Å². The molecule has 2 aliphatic heterocycles. The highest BCUT2D eigenvalue weighted by atomic mass is 32.2. The van der Waals surface area contributed by atoms with Gasteiger partial charge in [-0.25, -0.2) is 0 Å². The average Bonchev–Trinajstić information content (AvgIpc) is 2.92. The maximum absolute atomic E-state index is 6.82. The minimum absolute atomic E-state index is 0.137. The van der Waals surface area contributed by atoms with E-state index in [4.69, 9.17) is 4.74 Å². The van der Waals surface area contributed by atoms with Crippen LogP contribution >= 0.6 is 11.8 Å². The lowest BCUT2D eigenvalue weighted by molar-refractivity contribution is -0.435. The molecule has 37 heavy (non-hydrogen) atoms. The lowest BCUT2D eigenvalue weighted by Crippen LogP contribution is -2.42. The number of nitrogens with zero attached hydrogens (tertiary/aromatic N) is 2. The Labute approximate surface area is 223 Å². The summed E-state index contributed by atoms with van der Waals surface area (Å²) in [6.07, 6.45) is 21.2. The summed E-state index contributed by atoms with van der Waals surface area (Å²) in [7, 11) is 0. The van der Waals surface area contributed by atoms with Crippen LogP contribution in [0.2, 0.25) is 0 Å². The molecule has 182 valence electrons. The van der Waals surface area contributed by atoms with Crippen molar-refractivity contribution in [2.75, 3.05) is 6.54 Å². The largest absolute Gasteiger partial charge is 0.464 e. The van der Waals surface area contributed by atoms with Crippen LogP contribution in [0.5, 0.6) is 0 Å². The second kappa shape index (κ2) is 9.87. The number of fused-ring (bicyclic) bond motifs is 4. The van der Waals surface area contributed by atoms with Crippen LogP contribution in [0.1, 0.15) is 12.5 Å². The summed E-state index contributed by atoms with van der Waals surface area (Å²) in [6, 6.07) is 17.4. The van der Waals surface area contributed by atoms with Crippen LogP contribution in [-0.2, 0) is 4.74 Å². The van der Waals surface area contributed by atoms with Gasteiger partial charge in [0.2, 0.25) is 28.9 Å². The van der Waals surface area contributed by atoms with Gasteiger partial charge in [-0.3, -0.25) is 0 Å². The Bertz CT molecular complexity index is 1530. The predicted octanol–water partition coefficient (Wildman–Crippen LogP) is 7.33. The van der Waals surface area contributed by atoms with Gasteiger partial charge in [0.15, 0.2) is 6.54 Å². The molecule has 0 saturated heterocycles. The Hall–Kier alpha value is -3.89. The molecular weight excluding hydrogens is 472 g/mol. The van der Waals surface area contributed by atoms with Gasteiger partial charge >= 0.3 is 0 Å². The van der Waals surface area contributed by atoms with Crippen LogP contribution < -0.4 is 0 Å². The van der Waals surface area contributed by atoms with E-state index in [9.17, 15) is 0 Å². The van der Waals surface area contributed by atoms with E-state index >= 15 is 0 Å². The number of hydrogen-bond donors (Lipinski definition) is 0. The van der Waals surface area contributed by atoms with Gasteiger partial charge in [-0.2, -0.15) is 9.15 Å². The number of thioether (sulfide) groups is 1. The lowest BCUT2D eigenvalue weighted by atomic mass is 9.99. The van der Waals surface area contributed by atoms with Gasteiger partial charge in [-0.15, -0.1) is 11.8 Å². The molecule has 3 nitrogen and oxygen atoms in total. The SMILES string of the molecule is C=CC=C(C)C=CC[N+]1=C2C3=C(C=CC2Sc2ccccc21)[N+](c1ccc(C)cc1)=C1C=CC=CC1O3. The zero-order valence-electron chi connectivity index (χ0n) is 21.2. The third-order valence-electron chi connectivity index (χ3n) is 6.91. The van der Waals surface area contributed by atoms with E-state index in [2.05, 4.69) is 127 Å². The van der Waals surface area contributed by atoms with Crippen LogP contribution in [-0.4, -0.2) is 38.5 Å². The fraction of sp³-hybridized carbons (Fsp3) is 0.152. The number of aryl methyl sites for hydroxylation is 1. The first-order valence-electron chi connectivity index (χ1n) is 12.7. The van der Waals surface area contributed by atoms with Gasteiger partial charge in [0.1, 0.15) is 5.25 Å². The topological polar surface area (TPSA) is 15.2 Å². The maximum Gasteiger partial charge on any atom is 0.262 e. The van der Waals surface area contributed by atoms with Gasteiger partial charge < -0.3 is 4.74 Å². The number of benzene rings is 2. The van der Waals surface area contributed by atoms with Gasteiger partial charge in [-0.05, 0) is 32.1 Å². The summed E-state index contributed by atoms with van der Waals surface area (Å²) < 4.78 is 11.6. The van der Waals surface area contributed by atoms with Crippen molar-refractivity contribution in [1.29, 1.82) is 0 Å². The summed E-state index contributed by atoms with van der Waals surface area (Å²) in [6.45, 7) is 8.80. The molecule has 2 aromatic rings. The third kappa shape index (κ3) is 4.32. The van der Waals surface area contributed by atoms with Crippen molar-refractivity contribution >= 4 is 34.6 Å². The second-order valence-corrected chi connectivity index (χ2v) is 10.7. The van der Waals surface area contributed by atoms with Crippen molar-refractivity contribution < 1.29 is 13.9 Å². The van der Waals surface area contributed by atoms with Gasteiger partial charge in [0.05, 0.1) is 4.90 Å². The van der Waals surface area contributed by atoms with Crippen molar-refractivity contribution in [1.82, 2.24) is 0 Å². The Balaban J connectivity index is 1.56. The second-order valence-electron chi connectivity index (χ2n) is 9.50. The molecule has 2 aliphatic carbocycles. The van der Waals surface area contributed by atoms with E-state index in [1.54, 1.807) is 0 Å². The number of rotatable bonds is 5. The Kier molecular flexibility index (Phi) is 6.27. The molecule has 0 amide bonds. The van der Waals surface area contributed by atoms with E-state index in [0.717, 1.165) is 29.4 Å². The summed E-state index contributed by atoms with van der Waals surface area (Å²) in [5.74, 6) is 0.954. The first-order chi connectivity index (χ1) is 18.1. The van der Waals surface area contributed by atoms with Crippen LogP contribution in [0, 0.1) is 6.92 Å². The molecule has 0 radical (unpaired) electrons. The Morgan fingerprint density at radius 2 is 1.89 bits per heavy atom. The van der Waals surface area contributed by atoms with Gasteiger partial charge in [0, 0.05) is 30.4 Å². The van der Waals surface area contributed by atoms with E-state index in [1.807, 2.05) is 23.9 Å². The molecular formula is C33H30N2OS+2. The molecule has 4 heteroatoms. The van der Waals surface area contributed by atoms with E-state index in [1.165, 1.54) is 27.4 Å². The molecule has 6 rings (SSSR count). The average molecular weight is 503 g/mol. The summed E-state index contributed by atoms with van der Waals surface area (Å²) in [5, 5.41) is 0.177. The van der Waals surface area contributed by atoms with Crippen molar-refractivity contribution in [3.8, 4) is 0 Å². The molecule has 2 heterocycles. The van der Waals surface area contributed by atoms with E-state index < -0.39 is 0 Å². The standard InChI is InChI=1S/C33H30N2OS/c1-4-10-23(2)11-9-22-34-27-13-6-8-15-30(27)37-31-21-20-28-33(32(31)34)36-29-14-7-5-12-26(29)35(28)25-18-16-24(3)17-19-25/h4-21,29,31H,1,22H2,2-3H3/q+2. The molecule has 2 unspecified atom stereocenters. The molecule has 0 aromatic heterocycles. The monoisotopic (exact) mass is 502 g/mol. The summed E-state index contributed by atoms with van der Waals surface area (Å²) in [5.41, 5.74) is 8.21. The van der Waals surface area contributed by atoms with Crippen LogP contribution in [0.3, 0.4) is 0 Å². The van der Waals surface area contributed by atoms with Crippen LogP contribution in [0.25, 0.3) is 0 Å². The van der Waals surface area contributed by atoms with Crippen molar-refractivity contribution in [3.63, 3.8) is 0 Å². The highest BCUT2D eigenvalue weighted by molar-refractivity contribution is 8.01. The minimum atomic E-state index is -0.137. The smallest absolute Gasteiger partial charge is 0.262 e. The summed E-state index contributed by atoms with van der Waals surface area (Å²) >= 11 is 1.89. The minimum Gasteiger partial charge on any atom is -0.464 e. The number of hydrogen-bond acceptors (Lipinski definition) is 2. The van der Waals surface area contributed by atoms with Crippen molar-refractivity contribution in [3.05, 3.63) is 138 Å². The zero-order chi connectivity index (χ0) is 25.4. The number of ether oxygens (including phenoxy) is 1. The first-order valence-corrected chi connectivity index (χ1v) is 13.6. The van der Waals surface area contributed by atoms with E-state index in [0.29, 0.717) is 0 Å². The molecule has 0 saturated carbocycles. The van der Waals surface area contributed by atoms with Crippen LogP contribution in [0.4, 0.5) is 11.4 Å². The van der Waals surface area contributed by atoms with Crippen molar-refractivity contribution in [2.24, 2.45) is 0 Å². The predicted molar refractivity (Wildman–Crippen MR) is 154 cm³/mol. The molecule has 2 atom stereocenters. The molecule has 0 N–H and O–H groups in total. The first kappa shape index (κ1) is 23.5. The van der Waals surface area contributed by atoms with Gasteiger partial charge in [0.25, 0.3) is 11.5 Å². The quantitative estimate of drug-likeness (QED) is 0.314. The maximum atomic E-state index is 6.82.